The van der Waals surface area contributed by atoms with Crippen LogP contribution in [0.3, 0.4) is 0 Å². The molecule has 1 amide bonds. The average Bonchev–Trinajstić information content (AvgIpc) is 2.69. The lowest BCUT2D eigenvalue weighted by Gasteiger charge is -2.35. The summed E-state index contributed by atoms with van der Waals surface area (Å²) >= 11 is 0. The van der Waals surface area contributed by atoms with E-state index >= 15 is 0 Å². The number of halogens is 1. The van der Waals surface area contributed by atoms with E-state index in [0.717, 1.165) is 0 Å². The second-order valence-electron chi connectivity index (χ2n) is 6.40. The Morgan fingerprint density at radius 3 is 2.57 bits per heavy atom. The smallest absolute Gasteiger partial charge is 0.273 e. The third kappa shape index (κ3) is 4.55. The Morgan fingerprint density at radius 2 is 1.93 bits per heavy atom. The molecular weight excluding hydrogens is 367 g/mol. The topological polar surface area (TPSA) is 87.9 Å². The minimum absolute atomic E-state index is 0.112. The van der Waals surface area contributed by atoms with E-state index in [9.17, 15) is 19.3 Å². The summed E-state index contributed by atoms with van der Waals surface area (Å²) in [5, 5.41) is 13.6. The van der Waals surface area contributed by atoms with E-state index in [1.165, 1.54) is 31.4 Å². The summed E-state index contributed by atoms with van der Waals surface area (Å²) in [4.78, 5) is 26.6. The zero-order chi connectivity index (χ0) is 20.1. The SMILES string of the molecule is COc1cc([N+](=O)[O-])ccc1NC(=O)CN1CCN(c2ccccc2F)CC1. The number of hydrogen-bond donors (Lipinski definition) is 1. The fourth-order valence-corrected chi connectivity index (χ4v) is 3.14. The van der Waals surface area contributed by atoms with Gasteiger partial charge in [-0.1, -0.05) is 12.1 Å². The molecule has 0 bridgehead atoms. The van der Waals surface area contributed by atoms with Crippen molar-refractivity contribution in [2.24, 2.45) is 0 Å². The van der Waals surface area contributed by atoms with Crippen molar-refractivity contribution >= 4 is 23.0 Å². The molecule has 2 aromatic rings. The monoisotopic (exact) mass is 388 g/mol. The first-order valence-electron chi connectivity index (χ1n) is 8.82. The molecule has 1 aliphatic rings. The molecule has 0 aromatic heterocycles. The van der Waals surface area contributed by atoms with Gasteiger partial charge in [0.15, 0.2) is 0 Å². The van der Waals surface area contributed by atoms with E-state index in [-0.39, 0.29) is 29.7 Å². The number of para-hydroxylation sites is 1. The zero-order valence-corrected chi connectivity index (χ0v) is 15.4. The number of hydrogen-bond acceptors (Lipinski definition) is 6. The molecular formula is C19H21FN4O4. The maximum atomic E-state index is 13.9. The molecule has 28 heavy (non-hydrogen) atoms. The molecule has 0 atom stereocenters. The van der Waals surface area contributed by atoms with Gasteiger partial charge in [0, 0.05) is 32.2 Å². The number of piperazine rings is 1. The fourth-order valence-electron chi connectivity index (χ4n) is 3.14. The van der Waals surface area contributed by atoms with E-state index in [1.807, 2.05) is 9.80 Å². The van der Waals surface area contributed by atoms with Crippen LogP contribution in [0.5, 0.6) is 5.75 Å². The number of anilines is 2. The molecule has 0 saturated carbocycles. The van der Waals surface area contributed by atoms with Crippen molar-refractivity contribution in [2.75, 3.05) is 50.1 Å². The van der Waals surface area contributed by atoms with Gasteiger partial charge in [0.2, 0.25) is 5.91 Å². The number of nitrogens with zero attached hydrogens (tertiary/aromatic N) is 3. The highest BCUT2D eigenvalue weighted by Crippen LogP contribution is 2.29. The third-order valence-corrected chi connectivity index (χ3v) is 4.60. The number of carbonyl (C=O) groups is 1. The highest BCUT2D eigenvalue weighted by Gasteiger charge is 2.21. The molecule has 8 nitrogen and oxygen atoms in total. The van der Waals surface area contributed by atoms with Crippen molar-refractivity contribution in [3.05, 3.63) is 58.4 Å². The van der Waals surface area contributed by atoms with Crippen LogP contribution in [0.2, 0.25) is 0 Å². The highest BCUT2D eigenvalue weighted by atomic mass is 19.1. The van der Waals surface area contributed by atoms with Crippen molar-refractivity contribution in [2.45, 2.75) is 0 Å². The van der Waals surface area contributed by atoms with Gasteiger partial charge in [-0.15, -0.1) is 0 Å². The predicted molar refractivity (Wildman–Crippen MR) is 103 cm³/mol. The van der Waals surface area contributed by atoms with Crippen LogP contribution >= 0.6 is 0 Å². The van der Waals surface area contributed by atoms with Crippen LogP contribution in [0.25, 0.3) is 0 Å². The average molecular weight is 388 g/mol. The van der Waals surface area contributed by atoms with Gasteiger partial charge in [0.05, 0.1) is 36.0 Å². The van der Waals surface area contributed by atoms with Gasteiger partial charge in [-0.25, -0.2) is 4.39 Å². The molecule has 3 rings (SSSR count). The summed E-state index contributed by atoms with van der Waals surface area (Å²) in [6, 6.07) is 10.7. The van der Waals surface area contributed by atoms with E-state index in [0.29, 0.717) is 37.6 Å². The summed E-state index contributed by atoms with van der Waals surface area (Å²) in [7, 11) is 1.39. The first kappa shape index (κ1) is 19.6. The van der Waals surface area contributed by atoms with Crippen LogP contribution in [0.15, 0.2) is 42.5 Å². The number of methoxy groups -OCH3 is 1. The molecule has 0 unspecified atom stereocenters. The van der Waals surface area contributed by atoms with Gasteiger partial charge < -0.3 is 15.0 Å². The quantitative estimate of drug-likeness (QED) is 0.604. The Morgan fingerprint density at radius 1 is 1.21 bits per heavy atom. The molecule has 9 heteroatoms. The van der Waals surface area contributed by atoms with Gasteiger partial charge >= 0.3 is 0 Å². The molecule has 0 spiro atoms. The molecule has 0 aliphatic carbocycles. The molecule has 148 valence electrons. The van der Waals surface area contributed by atoms with Crippen molar-refractivity contribution in [1.82, 2.24) is 4.90 Å². The molecule has 0 radical (unpaired) electrons. The zero-order valence-electron chi connectivity index (χ0n) is 15.4. The summed E-state index contributed by atoms with van der Waals surface area (Å²) in [5.74, 6) is -0.266. The predicted octanol–water partition coefficient (Wildman–Crippen LogP) is 2.50. The van der Waals surface area contributed by atoms with Crippen molar-refractivity contribution < 1.29 is 18.8 Å². The maximum Gasteiger partial charge on any atom is 0.273 e. The number of nitro groups is 1. The summed E-state index contributed by atoms with van der Waals surface area (Å²) in [6.07, 6.45) is 0. The maximum absolute atomic E-state index is 13.9. The standard InChI is InChI=1S/C19H21FN4O4/c1-28-18-12-14(24(26)27)6-7-16(18)21-19(25)13-22-8-10-23(11-9-22)17-5-3-2-4-15(17)20/h2-7,12H,8-11,13H2,1H3,(H,21,25). The van der Waals surface area contributed by atoms with Gasteiger partial charge in [-0.2, -0.15) is 0 Å². The number of nitrogens with one attached hydrogen (secondary N) is 1. The Balaban J connectivity index is 1.55. The number of carbonyl (C=O) groups excluding carboxylic acids is 1. The van der Waals surface area contributed by atoms with E-state index in [1.54, 1.807) is 18.2 Å². The Kier molecular flexibility index (Phi) is 6.05. The van der Waals surface area contributed by atoms with Gasteiger partial charge in [0.1, 0.15) is 11.6 Å². The van der Waals surface area contributed by atoms with Gasteiger partial charge in [0.25, 0.3) is 5.69 Å². The lowest BCUT2D eigenvalue weighted by Crippen LogP contribution is -2.48. The van der Waals surface area contributed by atoms with Gasteiger partial charge in [-0.05, 0) is 18.2 Å². The van der Waals surface area contributed by atoms with Gasteiger partial charge in [-0.3, -0.25) is 19.8 Å². The largest absolute Gasteiger partial charge is 0.494 e. The Labute approximate surface area is 161 Å². The van der Waals surface area contributed by atoms with Crippen molar-refractivity contribution in [3.63, 3.8) is 0 Å². The third-order valence-electron chi connectivity index (χ3n) is 4.60. The van der Waals surface area contributed by atoms with E-state index in [4.69, 9.17) is 4.74 Å². The second-order valence-corrected chi connectivity index (χ2v) is 6.40. The number of ether oxygens (including phenoxy) is 1. The van der Waals surface area contributed by atoms with Crippen LogP contribution in [0.1, 0.15) is 0 Å². The van der Waals surface area contributed by atoms with Crippen LogP contribution < -0.4 is 15.0 Å². The molecule has 1 saturated heterocycles. The Hall–Kier alpha value is -3.20. The fraction of sp³-hybridized carbons (Fsp3) is 0.316. The molecule has 1 N–H and O–H groups in total. The highest BCUT2D eigenvalue weighted by molar-refractivity contribution is 5.94. The molecule has 2 aromatic carbocycles. The molecule has 1 heterocycles. The van der Waals surface area contributed by atoms with Crippen LogP contribution in [0, 0.1) is 15.9 Å². The summed E-state index contributed by atoms with van der Waals surface area (Å²) in [6.45, 7) is 2.66. The first-order valence-corrected chi connectivity index (χ1v) is 8.82. The Bertz CT molecular complexity index is 869. The number of rotatable bonds is 6. The number of non-ortho nitro benzene ring substituents is 1. The normalized spacial score (nSPS) is 14.6. The second kappa shape index (κ2) is 8.66. The lowest BCUT2D eigenvalue weighted by molar-refractivity contribution is -0.384. The first-order chi connectivity index (χ1) is 13.5. The van der Waals surface area contributed by atoms with E-state index < -0.39 is 4.92 Å². The van der Waals surface area contributed by atoms with E-state index in [2.05, 4.69) is 5.32 Å². The number of amides is 1. The van der Waals surface area contributed by atoms with Crippen LogP contribution in [-0.2, 0) is 4.79 Å². The minimum atomic E-state index is -0.525. The summed E-state index contributed by atoms with van der Waals surface area (Å²) in [5.41, 5.74) is 0.837. The molecule has 1 fully saturated rings. The number of nitro benzene ring substituents is 1. The van der Waals surface area contributed by atoms with Crippen molar-refractivity contribution in [1.29, 1.82) is 0 Å². The lowest BCUT2D eigenvalue weighted by atomic mass is 10.2. The number of benzene rings is 2. The van der Waals surface area contributed by atoms with Crippen molar-refractivity contribution in [3.8, 4) is 5.75 Å². The summed E-state index contributed by atoms with van der Waals surface area (Å²) < 4.78 is 19.0. The molecule has 1 aliphatic heterocycles. The van der Waals surface area contributed by atoms with Crippen LogP contribution in [0.4, 0.5) is 21.5 Å². The van der Waals surface area contributed by atoms with Crippen LogP contribution in [-0.4, -0.2) is 55.6 Å². The minimum Gasteiger partial charge on any atom is -0.494 e.